The Hall–Kier alpha value is -2.45. The minimum atomic E-state index is -1.91. The van der Waals surface area contributed by atoms with Gasteiger partial charge in [-0.25, -0.2) is 0 Å². The molecule has 16 heavy (non-hydrogen) atoms. The van der Waals surface area contributed by atoms with E-state index in [4.69, 9.17) is 10.6 Å². The fourth-order valence-electron chi connectivity index (χ4n) is 1.13. The molecule has 1 rings (SSSR count). The lowest BCUT2D eigenvalue weighted by atomic mass is 10.0. The molecule has 84 valence electrons. The predicted octanol–water partition coefficient (Wildman–Crippen LogP) is -0.350. The van der Waals surface area contributed by atoms with Crippen molar-refractivity contribution < 1.29 is 24.1 Å². The summed E-state index contributed by atoms with van der Waals surface area (Å²) in [6.07, 6.45) is -1.57. The van der Waals surface area contributed by atoms with E-state index >= 15 is 0 Å². The molecule has 0 heterocycles. The first-order valence-corrected chi connectivity index (χ1v) is 3.71. The summed E-state index contributed by atoms with van der Waals surface area (Å²) in [6.45, 7) is 0. The van der Waals surface area contributed by atoms with Crippen LogP contribution in [0, 0.1) is 20.2 Å². The number of hydrogen-bond donors (Lipinski definition) is 1. The van der Waals surface area contributed by atoms with Crippen LogP contribution in [0.2, 0.25) is 0 Å². The standard InChI is InChI=1S/C6H3FN4O5/c7-2-1-3(12)4(9-8)6(11(15)16)5(2)10(13)14/h1,3,12H. The van der Waals surface area contributed by atoms with Crippen molar-refractivity contribution in [2.45, 2.75) is 6.10 Å². The van der Waals surface area contributed by atoms with Gasteiger partial charge in [-0.15, -0.1) is 0 Å². The van der Waals surface area contributed by atoms with Crippen molar-refractivity contribution in [3.05, 3.63) is 49.1 Å². The van der Waals surface area contributed by atoms with Crippen LogP contribution in [-0.2, 0) is 0 Å². The highest BCUT2D eigenvalue weighted by atomic mass is 19.1. The highest BCUT2D eigenvalue weighted by Gasteiger charge is 2.49. The van der Waals surface area contributed by atoms with Gasteiger partial charge in [-0.2, -0.15) is 9.18 Å². The molecule has 0 bridgehead atoms. The van der Waals surface area contributed by atoms with Crippen LogP contribution in [0.5, 0.6) is 0 Å². The van der Waals surface area contributed by atoms with Crippen LogP contribution < -0.4 is 0 Å². The van der Waals surface area contributed by atoms with Gasteiger partial charge in [0.05, 0.1) is 9.85 Å². The number of aliphatic hydroxyl groups is 1. The smallest absolute Gasteiger partial charge is 0.377 e. The van der Waals surface area contributed by atoms with Gasteiger partial charge in [0, 0.05) is 0 Å². The highest BCUT2D eigenvalue weighted by Crippen LogP contribution is 2.24. The summed E-state index contributed by atoms with van der Waals surface area (Å²) in [5.74, 6) is -1.56. The highest BCUT2D eigenvalue weighted by molar-refractivity contribution is 6.00. The van der Waals surface area contributed by atoms with Crippen LogP contribution in [0.4, 0.5) is 4.39 Å². The van der Waals surface area contributed by atoms with E-state index in [2.05, 4.69) is 4.79 Å². The molecule has 0 aromatic rings. The topological polar surface area (TPSA) is 143 Å². The third-order valence-electron chi connectivity index (χ3n) is 1.75. The van der Waals surface area contributed by atoms with Crippen molar-refractivity contribution in [3.8, 4) is 0 Å². The van der Waals surface area contributed by atoms with E-state index in [9.17, 15) is 24.6 Å². The molecule has 0 aromatic carbocycles. The lowest BCUT2D eigenvalue weighted by molar-refractivity contribution is -0.465. The zero-order valence-electron chi connectivity index (χ0n) is 7.40. The van der Waals surface area contributed by atoms with Gasteiger partial charge in [-0.05, 0) is 6.08 Å². The zero-order chi connectivity index (χ0) is 12.5. The number of nitro groups is 2. The molecule has 1 aliphatic rings. The SMILES string of the molecule is [N-]=[N+]=C1C([N+](=O)[O-])=C([N+](=O)[O-])C(F)=CC1O. The van der Waals surface area contributed by atoms with Crippen molar-refractivity contribution >= 4 is 5.71 Å². The Kier molecular flexibility index (Phi) is 2.88. The Labute approximate surface area is 86.0 Å². The third-order valence-corrected chi connectivity index (χ3v) is 1.75. The van der Waals surface area contributed by atoms with Gasteiger partial charge < -0.3 is 10.6 Å². The third kappa shape index (κ3) is 1.69. The molecule has 0 saturated carbocycles. The molecule has 0 fully saturated rings. The number of nitrogens with zero attached hydrogens (tertiary/aromatic N) is 4. The first-order chi connectivity index (χ1) is 7.40. The van der Waals surface area contributed by atoms with E-state index in [1.165, 1.54) is 0 Å². The van der Waals surface area contributed by atoms with Crippen LogP contribution in [0.1, 0.15) is 0 Å². The summed E-state index contributed by atoms with van der Waals surface area (Å²) in [5, 5.41) is 30.0. The van der Waals surface area contributed by atoms with E-state index < -0.39 is 38.9 Å². The van der Waals surface area contributed by atoms with E-state index in [1.54, 1.807) is 0 Å². The normalized spacial score (nSPS) is 20.2. The van der Waals surface area contributed by atoms with E-state index in [1.807, 2.05) is 0 Å². The minimum absolute atomic E-state index is 0.334. The molecule has 1 aliphatic carbocycles. The second-order valence-corrected chi connectivity index (χ2v) is 2.66. The lowest BCUT2D eigenvalue weighted by Gasteiger charge is -2.05. The maximum Gasteiger partial charge on any atom is 0.435 e. The summed E-state index contributed by atoms with van der Waals surface area (Å²) in [6, 6.07) is 0. The van der Waals surface area contributed by atoms with Crippen LogP contribution >= 0.6 is 0 Å². The number of halogens is 1. The van der Waals surface area contributed by atoms with E-state index in [0.717, 1.165) is 0 Å². The molecule has 10 heteroatoms. The maximum absolute atomic E-state index is 13.0. The van der Waals surface area contributed by atoms with Crippen molar-refractivity contribution in [2.75, 3.05) is 0 Å². The molecule has 1 atom stereocenters. The summed E-state index contributed by atoms with van der Waals surface area (Å²) in [7, 11) is 0. The van der Waals surface area contributed by atoms with Gasteiger partial charge in [0.1, 0.15) is 0 Å². The maximum atomic E-state index is 13.0. The second-order valence-electron chi connectivity index (χ2n) is 2.66. The van der Waals surface area contributed by atoms with Gasteiger partial charge in [-0.3, -0.25) is 20.2 Å². The van der Waals surface area contributed by atoms with Gasteiger partial charge in [-0.1, -0.05) is 0 Å². The molecule has 0 radical (unpaired) electrons. The molecular weight excluding hydrogens is 227 g/mol. The lowest BCUT2D eigenvalue weighted by Crippen LogP contribution is -2.32. The second kappa shape index (κ2) is 3.96. The summed E-state index contributed by atoms with van der Waals surface area (Å²) in [5.41, 5.74) is 4.56. The van der Waals surface area contributed by atoms with Crippen LogP contribution in [0.3, 0.4) is 0 Å². The van der Waals surface area contributed by atoms with Gasteiger partial charge in [0.25, 0.3) is 0 Å². The Morgan fingerprint density at radius 1 is 1.38 bits per heavy atom. The monoisotopic (exact) mass is 230 g/mol. The molecular formula is C6H3FN4O5. The van der Waals surface area contributed by atoms with Crippen molar-refractivity contribution in [3.63, 3.8) is 0 Å². The molecule has 0 amide bonds. The average Bonchev–Trinajstić information content (AvgIpc) is 2.15. The molecule has 0 spiro atoms. The van der Waals surface area contributed by atoms with Crippen molar-refractivity contribution in [1.29, 1.82) is 0 Å². The fraction of sp³-hybridized carbons (Fsp3) is 0.167. The van der Waals surface area contributed by atoms with Gasteiger partial charge in [0.2, 0.25) is 5.83 Å². The van der Waals surface area contributed by atoms with Crippen LogP contribution in [0.15, 0.2) is 23.3 Å². The first-order valence-electron chi connectivity index (χ1n) is 3.71. The Morgan fingerprint density at radius 2 is 1.88 bits per heavy atom. The number of aliphatic hydroxyl groups excluding tert-OH is 1. The zero-order valence-corrected chi connectivity index (χ0v) is 7.40. The molecule has 0 saturated heterocycles. The molecule has 0 aromatic heterocycles. The van der Waals surface area contributed by atoms with Crippen LogP contribution in [0.25, 0.3) is 5.53 Å². The Morgan fingerprint density at radius 3 is 2.25 bits per heavy atom. The Balaban J connectivity index is 3.60. The number of hydrogen-bond acceptors (Lipinski definition) is 5. The van der Waals surface area contributed by atoms with E-state index in [-0.39, 0.29) is 0 Å². The fourth-order valence-corrected chi connectivity index (χ4v) is 1.13. The number of rotatable bonds is 2. The predicted molar refractivity (Wildman–Crippen MR) is 44.8 cm³/mol. The largest absolute Gasteiger partial charge is 0.435 e. The average molecular weight is 230 g/mol. The first kappa shape index (κ1) is 11.6. The van der Waals surface area contributed by atoms with Gasteiger partial charge in [0.15, 0.2) is 6.10 Å². The quantitative estimate of drug-likeness (QED) is 0.298. The molecule has 1 unspecified atom stereocenters. The molecule has 9 nitrogen and oxygen atoms in total. The van der Waals surface area contributed by atoms with Crippen molar-refractivity contribution in [1.82, 2.24) is 0 Å². The summed E-state index contributed by atoms with van der Waals surface area (Å²) >= 11 is 0. The molecule has 1 N–H and O–H groups in total. The summed E-state index contributed by atoms with van der Waals surface area (Å²) in [4.78, 5) is 20.6. The number of allylic oxidation sites excluding steroid dienone is 1. The molecule has 0 aliphatic heterocycles. The van der Waals surface area contributed by atoms with Crippen molar-refractivity contribution in [2.24, 2.45) is 0 Å². The van der Waals surface area contributed by atoms with E-state index in [0.29, 0.717) is 6.08 Å². The summed E-state index contributed by atoms with van der Waals surface area (Å²) < 4.78 is 13.0. The Bertz CT molecular complexity index is 489. The van der Waals surface area contributed by atoms with Crippen LogP contribution in [-0.4, -0.2) is 31.6 Å². The minimum Gasteiger partial charge on any atom is -0.377 e. The van der Waals surface area contributed by atoms with Gasteiger partial charge >= 0.3 is 17.1 Å².